The van der Waals surface area contributed by atoms with Gasteiger partial charge in [-0.05, 0) is 17.5 Å². The quantitative estimate of drug-likeness (QED) is 0.706. The Morgan fingerprint density at radius 3 is 2.33 bits per heavy atom. The SMILES string of the molecule is C[N-]c1cccc(Cc2ccccc2)c1. The van der Waals surface area contributed by atoms with Gasteiger partial charge in [-0.15, -0.1) is 12.7 Å². The minimum Gasteiger partial charge on any atom is -0.687 e. The van der Waals surface area contributed by atoms with Crippen LogP contribution in [-0.4, -0.2) is 7.05 Å². The first-order valence-corrected chi connectivity index (χ1v) is 5.11. The third kappa shape index (κ3) is 2.59. The predicted molar refractivity (Wildman–Crippen MR) is 64.6 cm³/mol. The largest absolute Gasteiger partial charge is 0.687 e. The Morgan fingerprint density at radius 1 is 0.867 bits per heavy atom. The number of hydrogen-bond donors (Lipinski definition) is 0. The fraction of sp³-hybridized carbons (Fsp3) is 0.143. The summed E-state index contributed by atoms with van der Waals surface area (Å²) >= 11 is 0. The van der Waals surface area contributed by atoms with Crippen molar-refractivity contribution in [2.75, 3.05) is 7.05 Å². The van der Waals surface area contributed by atoms with Gasteiger partial charge in [-0.2, -0.15) is 0 Å². The van der Waals surface area contributed by atoms with Gasteiger partial charge in [0.25, 0.3) is 0 Å². The average Bonchev–Trinajstić information content (AvgIpc) is 2.31. The lowest BCUT2D eigenvalue weighted by molar-refractivity contribution is 1.19. The van der Waals surface area contributed by atoms with Gasteiger partial charge in [0.15, 0.2) is 0 Å². The molecule has 2 aromatic carbocycles. The molecule has 0 spiro atoms. The fourth-order valence-corrected chi connectivity index (χ4v) is 1.64. The molecule has 0 bridgehead atoms. The summed E-state index contributed by atoms with van der Waals surface area (Å²) in [5.41, 5.74) is 3.69. The lowest BCUT2D eigenvalue weighted by atomic mass is 10.0. The van der Waals surface area contributed by atoms with E-state index in [1.165, 1.54) is 11.1 Å². The van der Waals surface area contributed by atoms with Gasteiger partial charge >= 0.3 is 0 Å². The maximum absolute atomic E-state index is 4.17. The molecule has 0 N–H and O–H groups in total. The van der Waals surface area contributed by atoms with Crippen molar-refractivity contribution in [3.8, 4) is 0 Å². The smallest absolute Gasteiger partial charge is 0.00262 e. The molecule has 0 aliphatic rings. The summed E-state index contributed by atoms with van der Waals surface area (Å²) in [6, 6.07) is 18.8. The Hall–Kier alpha value is -1.76. The Morgan fingerprint density at radius 2 is 1.60 bits per heavy atom. The summed E-state index contributed by atoms with van der Waals surface area (Å²) in [4.78, 5) is 0. The number of hydrogen-bond acceptors (Lipinski definition) is 0. The summed E-state index contributed by atoms with van der Waals surface area (Å²) in [7, 11) is 1.82. The molecular weight excluding hydrogens is 182 g/mol. The van der Waals surface area contributed by atoms with Crippen LogP contribution in [-0.2, 0) is 6.42 Å². The van der Waals surface area contributed by atoms with Gasteiger partial charge < -0.3 is 5.32 Å². The summed E-state index contributed by atoms with van der Waals surface area (Å²) in [5, 5.41) is 4.17. The highest BCUT2D eigenvalue weighted by molar-refractivity contribution is 5.50. The number of nitrogens with zero attached hydrogens (tertiary/aromatic N) is 1. The van der Waals surface area contributed by atoms with Crippen LogP contribution in [0.1, 0.15) is 11.1 Å². The van der Waals surface area contributed by atoms with E-state index in [1.807, 2.05) is 19.2 Å². The van der Waals surface area contributed by atoms with E-state index in [0.717, 1.165) is 12.1 Å². The van der Waals surface area contributed by atoms with E-state index in [1.54, 1.807) is 0 Å². The van der Waals surface area contributed by atoms with Crippen molar-refractivity contribution in [3.05, 3.63) is 71.0 Å². The molecule has 0 amide bonds. The lowest BCUT2D eigenvalue weighted by Gasteiger charge is -2.14. The van der Waals surface area contributed by atoms with Crippen LogP contribution in [0.2, 0.25) is 0 Å². The van der Waals surface area contributed by atoms with Crippen molar-refractivity contribution < 1.29 is 0 Å². The van der Waals surface area contributed by atoms with Crippen LogP contribution < -0.4 is 0 Å². The second-order valence-corrected chi connectivity index (χ2v) is 3.56. The van der Waals surface area contributed by atoms with Gasteiger partial charge in [-0.25, -0.2) is 0 Å². The predicted octanol–water partition coefficient (Wildman–Crippen LogP) is 3.91. The molecule has 0 unspecified atom stereocenters. The van der Waals surface area contributed by atoms with Gasteiger partial charge in [0.1, 0.15) is 0 Å². The maximum atomic E-state index is 4.17. The van der Waals surface area contributed by atoms with Crippen LogP contribution in [0.15, 0.2) is 54.6 Å². The molecule has 2 rings (SSSR count). The van der Waals surface area contributed by atoms with Crippen molar-refractivity contribution in [2.24, 2.45) is 0 Å². The summed E-state index contributed by atoms with van der Waals surface area (Å²) < 4.78 is 0. The van der Waals surface area contributed by atoms with E-state index in [-0.39, 0.29) is 0 Å². The average molecular weight is 196 g/mol. The summed E-state index contributed by atoms with van der Waals surface area (Å²) in [6.07, 6.45) is 0.976. The molecule has 0 radical (unpaired) electrons. The van der Waals surface area contributed by atoms with Crippen LogP contribution in [0, 0.1) is 0 Å². The molecule has 0 fully saturated rings. The molecular formula is C14H14N-. The monoisotopic (exact) mass is 196 g/mol. The van der Waals surface area contributed by atoms with E-state index in [9.17, 15) is 0 Å². The molecule has 76 valence electrons. The topological polar surface area (TPSA) is 14.1 Å². The van der Waals surface area contributed by atoms with Crippen LogP contribution in [0.5, 0.6) is 0 Å². The Kier molecular flexibility index (Phi) is 3.03. The molecule has 0 aromatic heterocycles. The minimum absolute atomic E-state index is 0.976. The third-order valence-corrected chi connectivity index (χ3v) is 2.42. The highest BCUT2D eigenvalue weighted by Crippen LogP contribution is 2.19. The molecule has 0 atom stereocenters. The first-order valence-electron chi connectivity index (χ1n) is 5.11. The Balaban J connectivity index is 2.17. The second-order valence-electron chi connectivity index (χ2n) is 3.56. The molecule has 0 aliphatic heterocycles. The van der Waals surface area contributed by atoms with Gasteiger partial charge in [0.2, 0.25) is 0 Å². The second kappa shape index (κ2) is 4.65. The van der Waals surface area contributed by atoms with Gasteiger partial charge in [-0.1, -0.05) is 54.6 Å². The van der Waals surface area contributed by atoms with Gasteiger partial charge in [0.05, 0.1) is 0 Å². The van der Waals surface area contributed by atoms with Crippen LogP contribution in [0.3, 0.4) is 0 Å². The standard InChI is InChI=1S/C14H14N/c1-15-14-9-5-8-13(11-14)10-12-6-3-2-4-7-12/h2-9,11H,10H2,1H3/q-1. The van der Waals surface area contributed by atoms with Gasteiger partial charge in [0, 0.05) is 0 Å². The van der Waals surface area contributed by atoms with Crippen molar-refractivity contribution in [1.82, 2.24) is 0 Å². The van der Waals surface area contributed by atoms with Crippen LogP contribution >= 0.6 is 0 Å². The molecule has 0 heterocycles. The Labute approximate surface area is 90.8 Å². The number of rotatable bonds is 3. The van der Waals surface area contributed by atoms with E-state index in [2.05, 4.69) is 47.8 Å². The minimum atomic E-state index is 0.976. The zero-order valence-electron chi connectivity index (χ0n) is 8.85. The first-order chi connectivity index (χ1) is 7.38. The van der Waals surface area contributed by atoms with Crippen LogP contribution in [0.25, 0.3) is 5.32 Å². The van der Waals surface area contributed by atoms with Gasteiger partial charge in [-0.3, -0.25) is 0 Å². The van der Waals surface area contributed by atoms with E-state index in [0.29, 0.717) is 0 Å². The summed E-state index contributed by atoms with van der Waals surface area (Å²) in [5.74, 6) is 0. The molecule has 2 aromatic rings. The van der Waals surface area contributed by atoms with Crippen molar-refractivity contribution in [1.29, 1.82) is 0 Å². The fourth-order valence-electron chi connectivity index (χ4n) is 1.64. The van der Waals surface area contributed by atoms with E-state index in [4.69, 9.17) is 0 Å². The summed E-state index contributed by atoms with van der Waals surface area (Å²) in [6.45, 7) is 0. The molecule has 1 heteroatoms. The Bertz CT molecular complexity index is 420. The maximum Gasteiger partial charge on any atom is -0.00262 e. The first kappa shape index (κ1) is 9.78. The van der Waals surface area contributed by atoms with Crippen LogP contribution in [0.4, 0.5) is 5.69 Å². The lowest BCUT2D eigenvalue weighted by Crippen LogP contribution is -1.86. The van der Waals surface area contributed by atoms with E-state index < -0.39 is 0 Å². The van der Waals surface area contributed by atoms with Crippen molar-refractivity contribution >= 4 is 5.69 Å². The zero-order chi connectivity index (χ0) is 10.5. The van der Waals surface area contributed by atoms with E-state index >= 15 is 0 Å². The molecule has 15 heavy (non-hydrogen) atoms. The van der Waals surface area contributed by atoms with Crippen molar-refractivity contribution in [2.45, 2.75) is 6.42 Å². The third-order valence-electron chi connectivity index (χ3n) is 2.42. The highest BCUT2D eigenvalue weighted by Gasteiger charge is 1.93. The molecule has 0 saturated carbocycles. The molecule has 0 saturated heterocycles. The van der Waals surface area contributed by atoms with Crippen molar-refractivity contribution in [3.63, 3.8) is 0 Å². The molecule has 0 aliphatic carbocycles. The molecule has 1 nitrogen and oxygen atoms in total. The highest BCUT2D eigenvalue weighted by atomic mass is 14.8. The zero-order valence-corrected chi connectivity index (χ0v) is 8.85. The normalized spacial score (nSPS) is 9.93. The number of benzene rings is 2.